The fraction of sp³-hybridized carbons (Fsp3) is 0.235. The number of benzene rings is 1. The number of furan rings is 1. The number of aliphatic hydroxyl groups is 1. The summed E-state index contributed by atoms with van der Waals surface area (Å²) in [5.41, 5.74) is 2.67. The SMILES string of the molecule is O=C(/C=C/c1ccc(CN(CCO)Cc2ccccc2)o1)NO. The van der Waals surface area contributed by atoms with Gasteiger partial charge in [0.25, 0.3) is 5.91 Å². The molecule has 1 amide bonds. The highest BCUT2D eigenvalue weighted by atomic mass is 16.5. The number of hydrogen-bond donors (Lipinski definition) is 3. The standard InChI is InChI=1S/C17H20N2O4/c20-11-10-19(12-14-4-2-1-3-5-14)13-16-7-6-15(23-16)8-9-17(21)18-22/h1-9,20,22H,10-13H2,(H,18,21)/b9-8+. The molecule has 0 spiro atoms. The third-order valence-electron chi connectivity index (χ3n) is 3.24. The van der Waals surface area contributed by atoms with Gasteiger partial charge in [-0.1, -0.05) is 30.3 Å². The highest BCUT2D eigenvalue weighted by Gasteiger charge is 2.09. The average Bonchev–Trinajstić information content (AvgIpc) is 3.01. The van der Waals surface area contributed by atoms with Crippen molar-refractivity contribution in [2.45, 2.75) is 13.1 Å². The molecule has 0 aliphatic rings. The molecule has 1 aromatic carbocycles. The maximum absolute atomic E-state index is 10.9. The molecule has 0 fully saturated rings. The Kier molecular flexibility index (Phi) is 6.56. The Hall–Kier alpha value is -2.41. The molecule has 3 N–H and O–H groups in total. The van der Waals surface area contributed by atoms with Gasteiger partial charge in [-0.05, 0) is 23.8 Å². The Bertz CT molecular complexity index is 637. The van der Waals surface area contributed by atoms with Crippen LogP contribution in [0.3, 0.4) is 0 Å². The second-order valence-corrected chi connectivity index (χ2v) is 5.03. The first-order chi connectivity index (χ1) is 11.2. The molecule has 6 heteroatoms. The van der Waals surface area contributed by atoms with Gasteiger partial charge in [0.2, 0.25) is 0 Å². The number of carbonyl (C=O) groups excluding carboxylic acids is 1. The van der Waals surface area contributed by atoms with Gasteiger partial charge in [0, 0.05) is 19.2 Å². The van der Waals surface area contributed by atoms with E-state index >= 15 is 0 Å². The molecule has 2 aromatic rings. The second-order valence-electron chi connectivity index (χ2n) is 5.03. The fourth-order valence-corrected chi connectivity index (χ4v) is 2.18. The summed E-state index contributed by atoms with van der Waals surface area (Å²) in [4.78, 5) is 13.0. The second kappa shape index (κ2) is 8.89. The highest BCUT2D eigenvalue weighted by molar-refractivity contribution is 5.90. The number of hydrogen-bond acceptors (Lipinski definition) is 5. The van der Waals surface area contributed by atoms with Crippen LogP contribution in [-0.2, 0) is 17.9 Å². The van der Waals surface area contributed by atoms with Crippen LogP contribution in [0, 0.1) is 0 Å². The van der Waals surface area contributed by atoms with E-state index in [0.717, 1.165) is 11.3 Å². The van der Waals surface area contributed by atoms with Crippen molar-refractivity contribution >= 4 is 12.0 Å². The Morgan fingerprint density at radius 2 is 1.96 bits per heavy atom. The van der Waals surface area contributed by atoms with Gasteiger partial charge in [-0.25, -0.2) is 5.48 Å². The first kappa shape index (κ1) is 17.0. The van der Waals surface area contributed by atoms with Gasteiger partial charge in [0.1, 0.15) is 11.5 Å². The molecule has 6 nitrogen and oxygen atoms in total. The first-order valence-corrected chi connectivity index (χ1v) is 7.29. The van der Waals surface area contributed by atoms with E-state index in [0.29, 0.717) is 25.4 Å². The molecule has 2 rings (SSSR count). The van der Waals surface area contributed by atoms with Crippen molar-refractivity contribution in [1.29, 1.82) is 0 Å². The lowest BCUT2D eigenvalue weighted by Gasteiger charge is -2.20. The van der Waals surface area contributed by atoms with Crippen molar-refractivity contribution in [2.24, 2.45) is 0 Å². The monoisotopic (exact) mass is 316 g/mol. The van der Waals surface area contributed by atoms with E-state index < -0.39 is 5.91 Å². The van der Waals surface area contributed by atoms with E-state index in [9.17, 15) is 9.90 Å². The lowest BCUT2D eigenvalue weighted by atomic mass is 10.2. The molecular weight excluding hydrogens is 296 g/mol. The van der Waals surface area contributed by atoms with Crippen molar-refractivity contribution in [2.75, 3.05) is 13.2 Å². The number of rotatable bonds is 8. The molecule has 0 unspecified atom stereocenters. The maximum atomic E-state index is 10.9. The molecule has 0 saturated carbocycles. The third-order valence-corrected chi connectivity index (χ3v) is 3.24. The Morgan fingerprint density at radius 1 is 1.17 bits per heavy atom. The molecule has 0 radical (unpaired) electrons. The van der Waals surface area contributed by atoms with Crippen LogP contribution in [-0.4, -0.2) is 34.3 Å². The van der Waals surface area contributed by atoms with Crippen LogP contribution in [0.2, 0.25) is 0 Å². The number of nitrogens with one attached hydrogen (secondary N) is 1. The lowest BCUT2D eigenvalue weighted by Crippen LogP contribution is -2.25. The third kappa shape index (κ3) is 5.71. The fourth-order valence-electron chi connectivity index (χ4n) is 2.18. The summed E-state index contributed by atoms with van der Waals surface area (Å²) in [5, 5.41) is 17.6. The zero-order chi connectivity index (χ0) is 16.5. The van der Waals surface area contributed by atoms with Crippen LogP contribution in [0.15, 0.2) is 53.0 Å². The summed E-state index contributed by atoms with van der Waals surface area (Å²) in [6.07, 6.45) is 2.65. The lowest BCUT2D eigenvalue weighted by molar-refractivity contribution is -0.124. The number of carbonyl (C=O) groups is 1. The Labute approximate surface area is 134 Å². The predicted molar refractivity (Wildman–Crippen MR) is 85.3 cm³/mol. The summed E-state index contributed by atoms with van der Waals surface area (Å²) in [6.45, 7) is 1.86. The molecular formula is C17H20N2O4. The summed E-state index contributed by atoms with van der Waals surface area (Å²) >= 11 is 0. The molecule has 122 valence electrons. The minimum absolute atomic E-state index is 0.0664. The van der Waals surface area contributed by atoms with Crippen LogP contribution in [0.25, 0.3) is 6.08 Å². The number of amides is 1. The van der Waals surface area contributed by atoms with Crippen molar-refractivity contribution in [3.63, 3.8) is 0 Å². The van der Waals surface area contributed by atoms with Gasteiger partial charge in [-0.2, -0.15) is 0 Å². The zero-order valence-corrected chi connectivity index (χ0v) is 12.7. The van der Waals surface area contributed by atoms with E-state index in [-0.39, 0.29) is 6.61 Å². The summed E-state index contributed by atoms with van der Waals surface area (Å²) in [6, 6.07) is 13.6. The van der Waals surface area contributed by atoms with Crippen LogP contribution < -0.4 is 5.48 Å². The van der Waals surface area contributed by atoms with Crippen molar-refractivity contribution in [3.8, 4) is 0 Å². The van der Waals surface area contributed by atoms with E-state index in [1.807, 2.05) is 36.4 Å². The number of nitrogens with zero attached hydrogens (tertiary/aromatic N) is 1. The molecule has 1 aromatic heterocycles. The predicted octanol–water partition coefficient (Wildman–Crippen LogP) is 1.79. The summed E-state index contributed by atoms with van der Waals surface area (Å²) < 4.78 is 5.62. The average molecular weight is 316 g/mol. The molecule has 0 atom stereocenters. The van der Waals surface area contributed by atoms with E-state index in [1.165, 1.54) is 17.6 Å². The molecule has 0 aliphatic heterocycles. The van der Waals surface area contributed by atoms with E-state index in [4.69, 9.17) is 9.62 Å². The smallest absolute Gasteiger partial charge is 0.267 e. The molecule has 0 aliphatic carbocycles. The van der Waals surface area contributed by atoms with Crippen molar-refractivity contribution in [3.05, 3.63) is 65.6 Å². The van der Waals surface area contributed by atoms with Crippen LogP contribution in [0.5, 0.6) is 0 Å². The van der Waals surface area contributed by atoms with Gasteiger partial charge in [0.15, 0.2) is 0 Å². The first-order valence-electron chi connectivity index (χ1n) is 7.29. The van der Waals surface area contributed by atoms with E-state index in [1.54, 1.807) is 6.07 Å². The summed E-state index contributed by atoms with van der Waals surface area (Å²) in [7, 11) is 0. The van der Waals surface area contributed by atoms with Crippen LogP contribution >= 0.6 is 0 Å². The molecule has 1 heterocycles. The molecule has 0 bridgehead atoms. The van der Waals surface area contributed by atoms with Gasteiger partial charge in [0.05, 0.1) is 13.2 Å². The Balaban J connectivity index is 1.98. The van der Waals surface area contributed by atoms with Crippen LogP contribution in [0.1, 0.15) is 17.1 Å². The van der Waals surface area contributed by atoms with Crippen molar-refractivity contribution in [1.82, 2.24) is 10.4 Å². The van der Waals surface area contributed by atoms with Crippen molar-refractivity contribution < 1.29 is 19.5 Å². The highest BCUT2D eigenvalue weighted by Crippen LogP contribution is 2.14. The quantitative estimate of drug-likeness (QED) is 0.393. The van der Waals surface area contributed by atoms with Gasteiger partial charge >= 0.3 is 0 Å². The number of aliphatic hydroxyl groups excluding tert-OH is 1. The normalized spacial score (nSPS) is 11.3. The van der Waals surface area contributed by atoms with Gasteiger partial charge in [-0.15, -0.1) is 0 Å². The number of hydroxylamine groups is 1. The van der Waals surface area contributed by atoms with Crippen LogP contribution in [0.4, 0.5) is 0 Å². The zero-order valence-electron chi connectivity index (χ0n) is 12.7. The molecule has 23 heavy (non-hydrogen) atoms. The van der Waals surface area contributed by atoms with Gasteiger partial charge < -0.3 is 9.52 Å². The maximum Gasteiger partial charge on any atom is 0.267 e. The summed E-state index contributed by atoms with van der Waals surface area (Å²) in [5.74, 6) is 0.639. The minimum atomic E-state index is -0.617. The molecule has 0 saturated heterocycles. The largest absolute Gasteiger partial charge is 0.460 e. The van der Waals surface area contributed by atoms with Gasteiger partial charge in [-0.3, -0.25) is 14.9 Å². The topological polar surface area (TPSA) is 85.9 Å². The van der Waals surface area contributed by atoms with E-state index in [2.05, 4.69) is 4.90 Å². The Morgan fingerprint density at radius 3 is 2.65 bits per heavy atom. The minimum Gasteiger partial charge on any atom is -0.460 e.